The molecule has 0 fully saturated rings. The molecule has 0 aliphatic rings. The van der Waals surface area contributed by atoms with Gasteiger partial charge in [0.15, 0.2) is 0 Å². The number of nitrogens with one attached hydrogen (secondary N) is 1. The summed E-state index contributed by atoms with van der Waals surface area (Å²) in [5.74, 6) is 0.643. The first-order chi connectivity index (χ1) is 9.61. The lowest BCUT2D eigenvalue weighted by Crippen LogP contribution is -2.12. The van der Waals surface area contributed by atoms with E-state index in [1.54, 1.807) is 6.92 Å². The minimum absolute atomic E-state index is 0.00522. The van der Waals surface area contributed by atoms with Crippen LogP contribution in [0, 0.1) is 13.8 Å². The Morgan fingerprint density at radius 3 is 2.65 bits per heavy atom. The third-order valence-electron chi connectivity index (χ3n) is 2.90. The molecule has 5 heteroatoms. The van der Waals surface area contributed by atoms with Gasteiger partial charge in [-0.05, 0) is 26.3 Å². The second-order valence-corrected chi connectivity index (χ2v) is 4.64. The maximum Gasteiger partial charge on any atom is 0.224 e. The summed E-state index contributed by atoms with van der Waals surface area (Å²) >= 11 is 0. The molecule has 1 amide bonds. The molecular formula is C15H18N4O. The first-order valence-electron chi connectivity index (χ1n) is 6.69. The molecule has 0 aliphatic heterocycles. The van der Waals surface area contributed by atoms with E-state index in [0.29, 0.717) is 17.9 Å². The van der Waals surface area contributed by atoms with Gasteiger partial charge in [-0.25, -0.2) is 4.98 Å². The third-order valence-corrected chi connectivity index (χ3v) is 2.90. The minimum atomic E-state index is 0.00522. The van der Waals surface area contributed by atoms with Gasteiger partial charge in [-0.15, -0.1) is 10.2 Å². The third kappa shape index (κ3) is 3.17. The Morgan fingerprint density at radius 2 is 1.95 bits per heavy atom. The first-order valence-corrected chi connectivity index (χ1v) is 6.69. The molecule has 0 saturated carbocycles. The molecule has 20 heavy (non-hydrogen) atoms. The fraction of sp³-hybridized carbons (Fsp3) is 0.333. The number of anilines is 1. The minimum Gasteiger partial charge on any atom is -0.325 e. The molecule has 2 aromatic rings. The zero-order chi connectivity index (χ0) is 14.5. The van der Waals surface area contributed by atoms with Crippen molar-refractivity contribution in [2.75, 3.05) is 5.32 Å². The fourth-order valence-corrected chi connectivity index (χ4v) is 2.00. The number of hydrogen-bond donors (Lipinski definition) is 1. The van der Waals surface area contributed by atoms with E-state index < -0.39 is 0 Å². The molecule has 0 radical (unpaired) electrons. The average Bonchev–Trinajstić information content (AvgIpc) is 2.40. The van der Waals surface area contributed by atoms with Crippen molar-refractivity contribution in [3.05, 3.63) is 35.8 Å². The van der Waals surface area contributed by atoms with Gasteiger partial charge in [-0.1, -0.05) is 25.1 Å². The standard InChI is InChI=1S/C15H18N4O/c1-4-7-14(20)17-13-9-6-5-8-12(13)15-10(2)16-11(3)18-19-15/h5-6,8-9H,4,7H2,1-3H3,(H,17,20). The van der Waals surface area contributed by atoms with Crippen molar-refractivity contribution in [3.8, 4) is 11.3 Å². The molecule has 0 bridgehead atoms. The predicted octanol–water partition coefficient (Wildman–Crippen LogP) is 2.89. The topological polar surface area (TPSA) is 67.8 Å². The largest absolute Gasteiger partial charge is 0.325 e. The number of aryl methyl sites for hydroxylation is 2. The normalized spacial score (nSPS) is 10.3. The van der Waals surface area contributed by atoms with E-state index in [9.17, 15) is 4.79 Å². The second-order valence-electron chi connectivity index (χ2n) is 4.64. The number of carbonyl (C=O) groups is 1. The van der Waals surface area contributed by atoms with Crippen LogP contribution in [0.4, 0.5) is 5.69 Å². The van der Waals surface area contributed by atoms with Crippen LogP contribution < -0.4 is 5.32 Å². The van der Waals surface area contributed by atoms with Crippen LogP contribution in [0.5, 0.6) is 0 Å². The van der Waals surface area contributed by atoms with Crippen LogP contribution >= 0.6 is 0 Å². The Labute approximate surface area is 118 Å². The van der Waals surface area contributed by atoms with Crippen LogP contribution in [-0.2, 0) is 4.79 Å². The first kappa shape index (κ1) is 14.1. The molecule has 1 N–H and O–H groups in total. The van der Waals surface area contributed by atoms with Crippen molar-refractivity contribution in [1.82, 2.24) is 15.2 Å². The number of benzene rings is 1. The summed E-state index contributed by atoms with van der Waals surface area (Å²) in [6.45, 7) is 5.67. The Kier molecular flexibility index (Phi) is 4.40. The van der Waals surface area contributed by atoms with Gasteiger partial charge < -0.3 is 5.32 Å². The van der Waals surface area contributed by atoms with Gasteiger partial charge >= 0.3 is 0 Å². The number of nitrogens with zero attached hydrogens (tertiary/aromatic N) is 3. The van der Waals surface area contributed by atoms with E-state index in [2.05, 4.69) is 20.5 Å². The highest BCUT2D eigenvalue weighted by Gasteiger charge is 2.12. The van der Waals surface area contributed by atoms with Crippen LogP contribution in [0.15, 0.2) is 24.3 Å². The predicted molar refractivity (Wildman–Crippen MR) is 78.3 cm³/mol. The van der Waals surface area contributed by atoms with Crippen molar-refractivity contribution in [2.24, 2.45) is 0 Å². The van der Waals surface area contributed by atoms with Gasteiger partial charge in [0.2, 0.25) is 5.91 Å². The molecular weight excluding hydrogens is 252 g/mol. The zero-order valence-corrected chi connectivity index (χ0v) is 12.0. The van der Waals surface area contributed by atoms with Crippen molar-refractivity contribution < 1.29 is 4.79 Å². The highest BCUT2D eigenvalue weighted by atomic mass is 16.1. The zero-order valence-electron chi connectivity index (χ0n) is 12.0. The van der Waals surface area contributed by atoms with Crippen molar-refractivity contribution in [1.29, 1.82) is 0 Å². The van der Waals surface area contributed by atoms with E-state index in [4.69, 9.17) is 0 Å². The smallest absolute Gasteiger partial charge is 0.224 e. The molecule has 0 spiro atoms. The number of carbonyl (C=O) groups excluding carboxylic acids is 1. The quantitative estimate of drug-likeness (QED) is 0.927. The monoisotopic (exact) mass is 270 g/mol. The molecule has 104 valence electrons. The molecule has 1 heterocycles. The summed E-state index contributed by atoms with van der Waals surface area (Å²) < 4.78 is 0. The van der Waals surface area contributed by atoms with Crippen molar-refractivity contribution >= 4 is 11.6 Å². The average molecular weight is 270 g/mol. The summed E-state index contributed by atoms with van der Waals surface area (Å²) in [5, 5.41) is 11.1. The van der Waals surface area contributed by atoms with E-state index in [0.717, 1.165) is 23.4 Å². The summed E-state index contributed by atoms with van der Waals surface area (Å²) in [7, 11) is 0. The molecule has 2 rings (SSSR count). The molecule has 0 atom stereocenters. The lowest BCUT2D eigenvalue weighted by molar-refractivity contribution is -0.116. The summed E-state index contributed by atoms with van der Waals surface area (Å²) in [6, 6.07) is 7.57. The highest BCUT2D eigenvalue weighted by molar-refractivity contribution is 5.95. The van der Waals surface area contributed by atoms with Gasteiger partial charge in [0.1, 0.15) is 11.5 Å². The summed E-state index contributed by atoms with van der Waals surface area (Å²) in [5.41, 5.74) is 3.08. The Balaban J connectivity index is 2.39. The van der Waals surface area contributed by atoms with Gasteiger partial charge in [0.25, 0.3) is 0 Å². The maximum atomic E-state index is 11.8. The van der Waals surface area contributed by atoms with E-state index in [1.165, 1.54) is 0 Å². The van der Waals surface area contributed by atoms with Crippen LogP contribution in [0.25, 0.3) is 11.3 Å². The fourth-order valence-electron chi connectivity index (χ4n) is 2.00. The van der Waals surface area contributed by atoms with Gasteiger partial charge in [0, 0.05) is 12.0 Å². The van der Waals surface area contributed by atoms with E-state index >= 15 is 0 Å². The SMILES string of the molecule is CCCC(=O)Nc1ccccc1-c1nnc(C)nc1C. The maximum absolute atomic E-state index is 11.8. The van der Waals surface area contributed by atoms with E-state index in [-0.39, 0.29) is 5.91 Å². The lowest BCUT2D eigenvalue weighted by Gasteiger charge is -2.11. The number of hydrogen-bond acceptors (Lipinski definition) is 4. The Hall–Kier alpha value is -2.30. The van der Waals surface area contributed by atoms with E-state index in [1.807, 2.05) is 38.1 Å². The molecule has 1 aromatic carbocycles. The molecule has 5 nitrogen and oxygen atoms in total. The van der Waals surface area contributed by atoms with Crippen molar-refractivity contribution in [3.63, 3.8) is 0 Å². The van der Waals surface area contributed by atoms with Gasteiger partial charge in [-0.3, -0.25) is 4.79 Å². The number of aromatic nitrogens is 3. The van der Waals surface area contributed by atoms with Crippen LogP contribution in [0.1, 0.15) is 31.3 Å². The van der Waals surface area contributed by atoms with Crippen LogP contribution in [0.2, 0.25) is 0 Å². The highest BCUT2D eigenvalue weighted by Crippen LogP contribution is 2.27. The summed E-state index contributed by atoms with van der Waals surface area (Å²) in [6.07, 6.45) is 1.32. The van der Waals surface area contributed by atoms with Crippen molar-refractivity contribution in [2.45, 2.75) is 33.6 Å². The Bertz CT molecular complexity index is 625. The molecule has 0 aliphatic carbocycles. The lowest BCUT2D eigenvalue weighted by atomic mass is 10.1. The van der Waals surface area contributed by atoms with Gasteiger partial charge in [-0.2, -0.15) is 0 Å². The molecule has 1 aromatic heterocycles. The number of rotatable bonds is 4. The number of amides is 1. The molecule has 0 unspecified atom stereocenters. The Morgan fingerprint density at radius 1 is 1.20 bits per heavy atom. The number of para-hydroxylation sites is 1. The second kappa shape index (κ2) is 6.23. The van der Waals surface area contributed by atoms with Gasteiger partial charge in [0.05, 0.1) is 11.4 Å². The van der Waals surface area contributed by atoms with Crippen LogP contribution in [0.3, 0.4) is 0 Å². The summed E-state index contributed by atoms with van der Waals surface area (Å²) in [4.78, 5) is 16.1. The molecule has 0 saturated heterocycles. The van der Waals surface area contributed by atoms with Crippen LogP contribution in [-0.4, -0.2) is 21.1 Å².